The number of methoxy groups -OCH3 is 1. The number of likely N-dealkylation sites (N-methyl/N-ethyl adjacent to an activating group) is 2. The molecule has 2 unspecified atom stereocenters. The van der Waals surface area contributed by atoms with Gasteiger partial charge in [0, 0.05) is 19.6 Å². The molecule has 1 aliphatic rings. The van der Waals surface area contributed by atoms with E-state index in [1.54, 1.807) is 11.9 Å². The van der Waals surface area contributed by atoms with E-state index in [0.717, 1.165) is 13.0 Å². The largest absolute Gasteiger partial charge is 0.469 e. The molecule has 1 fully saturated rings. The Bertz CT molecular complexity index is 280. The summed E-state index contributed by atoms with van der Waals surface area (Å²) in [5, 5.41) is 0. The minimum Gasteiger partial charge on any atom is -0.469 e. The molecular formula is C11H20N2O3. The zero-order valence-corrected chi connectivity index (χ0v) is 10.4. The van der Waals surface area contributed by atoms with Crippen LogP contribution < -0.4 is 0 Å². The first-order chi connectivity index (χ1) is 7.47. The SMILES string of the molecule is COC(=O)CC1C(=O)N(C)CCC(C)N1C. The highest BCUT2D eigenvalue weighted by atomic mass is 16.5. The maximum Gasteiger partial charge on any atom is 0.307 e. The number of hydrogen-bond acceptors (Lipinski definition) is 4. The van der Waals surface area contributed by atoms with Crippen LogP contribution in [0.15, 0.2) is 0 Å². The van der Waals surface area contributed by atoms with E-state index in [1.165, 1.54) is 7.11 Å². The van der Waals surface area contributed by atoms with E-state index in [-0.39, 0.29) is 18.3 Å². The molecule has 1 saturated heterocycles. The van der Waals surface area contributed by atoms with Crippen LogP contribution >= 0.6 is 0 Å². The lowest BCUT2D eigenvalue weighted by atomic mass is 10.1. The predicted molar refractivity (Wildman–Crippen MR) is 59.9 cm³/mol. The Morgan fingerprint density at radius 1 is 1.50 bits per heavy atom. The molecule has 92 valence electrons. The number of ether oxygens (including phenoxy) is 1. The minimum absolute atomic E-state index is 0.00255. The number of amides is 1. The van der Waals surface area contributed by atoms with Gasteiger partial charge in [-0.1, -0.05) is 0 Å². The van der Waals surface area contributed by atoms with Crippen molar-refractivity contribution < 1.29 is 14.3 Å². The average molecular weight is 228 g/mol. The molecule has 0 aromatic heterocycles. The van der Waals surface area contributed by atoms with E-state index in [1.807, 2.05) is 11.9 Å². The first-order valence-corrected chi connectivity index (χ1v) is 5.51. The average Bonchev–Trinajstić information content (AvgIpc) is 2.36. The summed E-state index contributed by atoms with van der Waals surface area (Å²) in [5.41, 5.74) is 0. The molecule has 0 spiro atoms. The van der Waals surface area contributed by atoms with E-state index < -0.39 is 6.04 Å². The predicted octanol–water partition coefficient (Wildman–Crippen LogP) is 0.101. The van der Waals surface area contributed by atoms with E-state index in [2.05, 4.69) is 11.7 Å². The highest BCUT2D eigenvalue weighted by molar-refractivity contribution is 5.86. The van der Waals surface area contributed by atoms with Gasteiger partial charge in [0.2, 0.25) is 5.91 Å². The summed E-state index contributed by atoms with van der Waals surface area (Å²) < 4.78 is 4.62. The number of esters is 1. The highest BCUT2D eigenvalue weighted by Crippen LogP contribution is 2.17. The van der Waals surface area contributed by atoms with Gasteiger partial charge in [-0.2, -0.15) is 0 Å². The summed E-state index contributed by atoms with van der Waals surface area (Å²) in [5.74, 6) is -0.343. The lowest BCUT2D eigenvalue weighted by Crippen LogP contribution is -2.46. The van der Waals surface area contributed by atoms with Crippen molar-refractivity contribution in [1.82, 2.24) is 9.80 Å². The second kappa shape index (κ2) is 5.30. The summed E-state index contributed by atoms with van der Waals surface area (Å²) in [7, 11) is 5.00. The van der Waals surface area contributed by atoms with Crippen LogP contribution in [0, 0.1) is 0 Å². The third-order valence-corrected chi connectivity index (χ3v) is 3.32. The molecule has 2 atom stereocenters. The fourth-order valence-electron chi connectivity index (χ4n) is 1.90. The van der Waals surface area contributed by atoms with Crippen molar-refractivity contribution in [3.05, 3.63) is 0 Å². The third kappa shape index (κ3) is 2.72. The van der Waals surface area contributed by atoms with Crippen LogP contribution in [0.3, 0.4) is 0 Å². The molecule has 0 radical (unpaired) electrons. The van der Waals surface area contributed by atoms with E-state index in [4.69, 9.17) is 0 Å². The quantitative estimate of drug-likeness (QED) is 0.629. The van der Waals surface area contributed by atoms with Crippen LogP contribution in [0.2, 0.25) is 0 Å². The Morgan fingerprint density at radius 2 is 2.12 bits per heavy atom. The maximum absolute atomic E-state index is 12.0. The van der Waals surface area contributed by atoms with E-state index in [0.29, 0.717) is 6.04 Å². The number of carbonyl (C=O) groups is 2. The standard InChI is InChI=1S/C11H20N2O3/c1-8-5-6-12(2)11(15)9(13(8)3)7-10(14)16-4/h8-9H,5-7H2,1-4H3. The summed E-state index contributed by atoms with van der Waals surface area (Å²) in [6, 6.07) is -0.0986. The van der Waals surface area contributed by atoms with Gasteiger partial charge >= 0.3 is 5.97 Å². The lowest BCUT2D eigenvalue weighted by molar-refractivity contribution is -0.146. The Morgan fingerprint density at radius 3 is 2.69 bits per heavy atom. The van der Waals surface area contributed by atoms with Crippen LogP contribution in [0.5, 0.6) is 0 Å². The third-order valence-electron chi connectivity index (χ3n) is 3.32. The number of rotatable bonds is 2. The molecule has 5 nitrogen and oxygen atoms in total. The fourth-order valence-corrected chi connectivity index (χ4v) is 1.90. The molecule has 1 aliphatic heterocycles. The van der Waals surface area contributed by atoms with Gasteiger partial charge in [-0.05, 0) is 20.4 Å². The number of nitrogens with zero attached hydrogens (tertiary/aromatic N) is 2. The van der Waals surface area contributed by atoms with Gasteiger partial charge in [-0.25, -0.2) is 0 Å². The molecular weight excluding hydrogens is 208 g/mol. The topological polar surface area (TPSA) is 49.9 Å². The Labute approximate surface area is 96.3 Å². The van der Waals surface area contributed by atoms with Gasteiger partial charge in [-0.15, -0.1) is 0 Å². The monoisotopic (exact) mass is 228 g/mol. The van der Waals surface area contributed by atoms with Crippen LogP contribution in [0.25, 0.3) is 0 Å². The summed E-state index contributed by atoms with van der Waals surface area (Å²) in [6.07, 6.45) is 1.05. The molecule has 5 heteroatoms. The zero-order chi connectivity index (χ0) is 12.3. The van der Waals surface area contributed by atoms with E-state index in [9.17, 15) is 9.59 Å². The van der Waals surface area contributed by atoms with Gasteiger partial charge in [0.15, 0.2) is 0 Å². The van der Waals surface area contributed by atoms with Crippen molar-refractivity contribution in [2.24, 2.45) is 0 Å². The van der Waals surface area contributed by atoms with Crippen LogP contribution in [-0.4, -0.2) is 61.5 Å². The molecule has 0 bridgehead atoms. The molecule has 1 amide bonds. The second-order valence-electron chi connectivity index (χ2n) is 4.36. The van der Waals surface area contributed by atoms with Crippen molar-refractivity contribution in [3.63, 3.8) is 0 Å². The van der Waals surface area contributed by atoms with E-state index >= 15 is 0 Å². The van der Waals surface area contributed by atoms with Gasteiger partial charge in [0.1, 0.15) is 0 Å². The van der Waals surface area contributed by atoms with Gasteiger partial charge in [0.05, 0.1) is 19.6 Å². The molecule has 0 N–H and O–H groups in total. The van der Waals surface area contributed by atoms with Gasteiger partial charge < -0.3 is 9.64 Å². The summed E-state index contributed by atoms with van der Waals surface area (Å²) in [4.78, 5) is 27.0. The van der Waals surface area contributed by atoms with Gasteiger partial charge in [0.25, 0.3) is 0 Å². The fraction of sp³-hybridized carbons (Fsp3) is 0.818. The highest BCUT2D eigenvalue weighted by Gasteiger charge is 2.34. The van der Waals surface area contributed by atoms with Crippen LogP contribution in [0.4, 0.5) is 0 Å². The Kier molecular flexibility index (Phi) is 4.29. The van der Waals surface area contributed by atoms with Gasteiger partial charge in [-0.3, -0.25) is 14.5 Å². The van der Waals surface area contributed by atoms with Crippen molar-refractivity contribution in [2.75, 3.05) is 27.7 Å². The van der Waals surface area contributed by atoms with Crippen LogP contribution in [0.1, 0.15) is 19.8 Å². The Hall–Kier alpha value is -1.10. The van der Waals surface area contributed by atoms with Crippen molar-refractivity contribution in [1.29, 1.82) is 0 Å². The molecule has 0 saturated carbocycles. The molecule has 1 rings (SSSR count). The molecule has 16 heavy (non-hydrogen) atoms. The van der Waals surface area contributed by atoms with Crippen molar-refractivity contribution in [3.8, 4) is 0 Å². The maximum atomic E-state index is 12.0. The molecule has 1 heterocycles. The summed E-state index contributed by atoms with van der Waals surface area (Å²) in [6.45, 7) is 2.80. The first-order valence-electron chi connectivity index (χ1n) is 5.51. The molecule has 0 aliphatic carbocycles. The summed E-state index contributed by atoms with van der Waals surface area (Å²) >= 11 is 0. The zero-order valence-electron chi connectivity index (χ0n) is 10.4. The second-order valence-corrected chi connectivity index (χ2v) is 4.36. The van der Waals surface area contributed by atoms with Crippen LogP contribution in [-0.2, 0) is 14.3 Å². The number of carbonyl (C=O) groups excluding carboxylic acids is 2. The normalized spacial score (nSPS) is 27.8. The minimum atomic E-state index is -0.394. The lowest BCUT2D eigenvalue weighted by Gasteiger charge is -2.28. The first kappa shape index (κ1) is 13.0. The van der Waals surface area contributed by atoms with Crippen molar-refractivity contribution in [2.45, 2.75) is 31.8 Å². The molecule has 0 aromatic rings. The number of hydrogen-bond donors (Lipinski definition) is 0. The van der Waals surface area contributed by atoms with Crippen molar-refractivity contribution >= 4 is 11.9 Å². The smallest absolute Gasteiger partial charge is 0.307 e. The Balaban J connectivity index is 2.81. The molecule has 0 aromatic carbocycles.